The number of methoxy groups -OCH3 is 1. The molecule has 154 valence electrons. The van der Waals surface area contributed by atoms with Crippen LogP contribution in [0.1, 0.15) is 12.0 Å². The summed E-state index contributed by atoms with van der Waals surface area (Å²) >= 11 is 0. The number of hydrogen-bond acceptors (Lipinski definition) is 6. The fraction of sp³-hybridized carbons (Fsp3) is 0.364. The summed E-state index contributed by atoms with van der Waals surface area (Å²) in [5.41, 5.74) is 2.30. The molecule has 1 fully saturated rings. The molecule has 0 aliphatic carbocycles. The van der Waals surface area contributed by atoms with Crippen LogP contribution in [0.25, 0.3) is 10.9 Å². The number of rotatable bonds is 7. The molecule has 1 aliphatic rings. The van der Waals surface area contributed by atoms with E-state index in [1.165, 1.54) is 5.56 Å². The summed E-state index contributed by atoms with van der Waals surface area (Å²) in [7, 11) is 1.68. The summed E-state index contributed by atoms with van der Waals surface area (Å²) in [6.45, 7) is 4.64. The summed E-state index contributed by atoms with van der Waals surface area (Å²) in [6, 6.07) is 16.6. The molecule has 0 saturated carbocycles. The van der Waals surface area contributed by atoms with Crippen molar-refractivity contribution in [3.63, 3.8) is 0 Å². The molecule has 2 heterocycles. The summed E-state index contributed by atoms with van der Waals surface area (Å²) in [5, 5.41) is 7.92. The zero-order valence-electron chi connectivity index (χ0n) is 16.7. The van der Waals surface area contributed by atoms with Crippen molar-refractivity contribution in [2.24, 2.45) is 0 Å². The molecular formula is C22H28ClN5O. The minimum atomic E-state index is 0. The van der Waals surface area contributed by atoms with Crippen molar-refractivity contribution in [2.75, 3.05) is 50.1 Å². The zero-order chi connectivity index (χ0) is 19.2. The molecule has 3 aromatic rings. The van der Waals surface area contributed by atoms with Crippen molar-refractivity contribution in [1.82, 2.24) is 15.3 Å². The summed E-state index contributed by atoms with van der Waals surface area (Å²) in [5.74, 6) is 2.49. The Hall–Kier alpha value is -2.57. The van der Waals surface area contributed by atoms with Gasteiger partial charge < -0.3 is 20.3 Å². The molecule has 0 spiro atoms. The number of nitrogens with zero attached hydrogens (tertiary/aromatic N) is 3. The summed E-state index contributed by atoms with van der Waals surface area (Å²) in [4.78, 5) is 11.9. The Morgan fingerprint density at radius 1 is 1.07 bits per heavy atom. The van der Waals surface area contributed by atoms with E-state index in [1.807, 2.05) is 18.2 Å². The minimum absolute atomic E-state index is 0. The van der Waals surface area contributed by atoms with E-state index in [9.17, 15) is 0 Å². The van der Waals surface area contributed by atoms with E-state index in [1.54, 1.807) is 7.11 Å². The number of halogens is 1. The van der Waals surface area contributed by atoms with E-state index in [0.29, 0.717) is 0 Å². The van der Waals surface area contributed by atoms with Crippen LogP contribution in [0.4, 0.5) is 11.8 Å². The third-order valence-electron chi connectivity index (χ3n) is 5.07. The van der Waals surface area contributed by atoms with Crippen molar-refractivity contribution in [3.05, 3.63) is 54.1 Å². The molecule has 29 heavy (non-hydrogen) atoms. The van der Waals surface area contributed by atoms with E-state index in [0.717, 1.165) is 74.0 Å². The SMILES string of the molecule is COc1ccc2nc(N3CCNCC3)nc(NCCCc3ccccc3)c2c1.Cl. The van der Waals surface area contributed by atoms with Crippen LogP contribution in [0, 0.1) is 0 Å². The van der Waals surface area contributed by atoms with E-state index in [2.05, 4.69) is 45.9 Å². The van der Waals surface area contributed by atoms with Crippen LogP contribution in [0.5, 0.6) is 5.75 Å². The number of fused-ring (bicyclic) bond motifs is 1. The topological polar surface area (TPSA) is 62.3 Å². The number of ether oxygens (including phenoxy) is 1. The van der Waals surface area contributed by atoms with E-state index in [4.69, 9.17) is 14.7 Å². The van der Waals surface area contributed by atoms with Crippen molar-refractivity contribution in [1.29, 1.82) is 0 Å². The molecule has 7 heteroatoms. The highest BCUT2D eigenvalue weighted by Crippen LogP contribution is 2.27. The lowest BCUT2D eigenvalue weighted by molar-refractivity contribution is 0.415. The van der Waals surface area contributed by atoms with Gasteiger partial charge in [-0.2, -0.15) is 4.98 Å². The van der Waals surface area contributed by atoms with Crippen LogP contribution in [0.2, 0.25) is 0 Å². The molecule has 0 atom stereocenters. The maximum Gasteiger partial charge on any atom is 0.227 e. The number of nitrogens with one attached hydrogen (secondary N) is 2. The quantitative estimate of drug-likeness (QED) is 0.578. The van der Waals surface area contributed by atoms with Gasteiger partial charge in [0.25, 0.3) is 0 Å². The smallest absolute Gasteiger partial charge is 0.227 e. The molecule has 1 saturated heterocycles. The van der Waals surface area contributed by atoms with E-state index in [-0.39, 0.29) is 12.4 Å². The second-order valence-corrected chi connectivity index (χ2v) is 7.01. The third-order valence-corrected chi connectivity index (χ3v) is 5.07. The second kappa shape index (κ2) is 10.3. The molecule has 1 aliphatic heterocycles. The van der Waals surface area contributed by atoms with Gasteiger partial charge in [0.1, 0.15) is 11.6 Å². The van der Waals surface area contributed by atoms with Gasteiger partial charge >= 0.3 is 0 Å². The fourth-order valence-corrected chi connectivity index (χ4v) is 3.51. The van der Waals surface area contributed by atoms with Gasteiger partial charge in [0.15, 0.2) is 0 Å². The highest BCUT2D eigenvalue weighted by atomic mass is 35.5. The number of piperazine rings is 1. The predicted octanol–water partition coefficient (Wildman–Crippen LogP) is 3.51. The molecule has 0 bridgehead atoms. The first-order valence-corrected chi connectivity index (χ1v) is 9.93. The van der Waals surface area contributed by atoms with Crippen LogP contribution < -0.4 is 20.3 Å². The van der Waals surface area contributed by atoms with Gasteiger partial charge in [0, 0.05) is 38.1 Å². The van der Waals surface area contributed by atoms with Crippen molar-refractivity contribution in [3.8, 4) is 5.75 Å². The Kier molecular flexibility index (Phi) is 7.49. The van der Waals surface area contributed by atoms with Gasteiger partial charge in [0.2, 0.25) is 5.95 Å². The predicted molar refractivity (Wildman–Crippen MR) is 122 cm³/mol. The largest absolute Gasteiger partial charge is 0.497 e. The van der Waals surface area contributed by atoms with Gasteiger partial charge in [-0.1, -0.05) is 30.3 Å². The fourth-order valence-electron chi connectivity index (χ4n) is 3.51. The summed E-state index contributed by atoms with van der Waals surface area (Å²) in [6.07, 6.45) is 2.09. The van der Waals surface area contributed by atoms with Crippen molar-refractivity contribution in [2.45, 2.75) is 12.8 Å². The number of benzene rings is 2. The van der Waals surface area contributed by atoms with Crippen LogP contribution in [-0.2, 0) is 6.42 Å². The minimum Gasteiger partial charge on any atom is -0.497 e. The van der Waals surface area contributed by atoms with Crippen LogP contribution >= 0.6 is 12.4 Å². The Morgan fingerprint density at radius 2 is 1.86 bits per heavy atom. The second-order valence-electron chi connectivity index (χ2n) is 7.01. The van der Waals surface area contributed by atoms with Gasteiger partial charge in [0.05, 0.1) is 12.6 Å². The first-order valence-electron chi connectivity index (χ1n) is 9.93. The maximum atomic E-state index is 5.41. The first-order chi connectivity index (χ1) is 13.8. The highest BCUT2D eigenvalue weighted by Gasteiger charge is 2.16. The number of aromatic nitrogens is 2. The van der Waals surface area contributed by atoms with Crippen LogP contribution in [-0.4, -0.2) is 49.8 Å². The third kappa shape index (κ3) is 5.28. The van der Waals surface area contributed by atoms with Crippen molar-refractivity contribution < 1.29 is 4.74 Å². The van der Waals surface area contributed by atoms with Crippen molar-refractivity contribution >= 4 is 35.1 Å². The lowest BCUT2D eigenvalue weighted by atomic mass is 10.1. The molecule has 0 unspecified atom stereocenters. The molecule has 2 aromatic carbocycles. The molecule has 6 nitrogen and oxygen atoms in total. The van der Waals surface area contributed by atoms with Gasteiger partial charge in [-0.05, 0) is 36.6 Å². The number of hydrogen-bond donors (Lipinski definition) is 2. The standard InChI is InChI=1S/C22H27N5O.ClH/c1-28-18-9-10-20-19(16-18)21(24-11-5-8-17-6-3-2-4-7-17)26-22(25-20)27-14-12-23-13-15-27;/h2-4,6-7,9-10,16,23H,5,8,11-15H2,1H3,(H,24,25,26);1H. The Morgan fingerprint density at radius 3 is 2.62 bits per heavy atom. The van der Waals surface area contributed by atoms with Gasteiger partial charge in [-0.3, -0.25) is 0 Å². The molecular weight excluding hydrogens is 386 g/mol. The van der Waals surface area contributed by atoms with E-state index >= 15 is 0 Å². The molecule has 1 aromatic heterocycles. The molecule has 0 amide bonds. The average Bonchev–Trinajstić information content (AvgIpc) is 2.77. The zero-order valence-corrected chi connectivity index (χ0v) is 17.5. The average molecular weight is 414 g/mol. The Labute approximate surface area is 178 Å². The molecule has 2 N–H and O–H groups in total. The number of aryl methyl sites for hydroxylation is 1. The highest BCUT2D eigenvalue weighted by molar-refractivity contribution is 5.91. The first kappa shape index (κ1) is 21.1. The monoisotopic (exact) mass is 413 g/mol. The van der Waals surface area contributed by atoms with Gasteiger partial charge in [-0.15, -0.1) is 12.4 Å². The Balaban J connectivity index is 0.00000240. The molecule has 0 radical (unpaired) electrons. The molecule has 4 rings (SSSR count). The van der Waals surface area contributed by atoms with E-state index < -0.39 is 0 Å². The normalized spacial score (nSPS) is 13.8. The van der Waals surface area contributed by atoms with Gasteiger partial charge in [-0.25, -0.2) is 4.98 Å². The Bertz CT molecular complexity index is 916. The lowest BCUT2D eigenvalue weighted by Gasteiger charge is -2.28. The lowest BCUT2D eigenvalue weighted by Crippen LogP contribution is -2.44. The van der Waals surface area contributed by atoms with Crippen LogP contribution in [0.3, 0.4) is 0 Å². The number of anilines is 2. The summed E-state index contributed by atoms with van der Waals surface area (Å²) < 4.78 is 5.41. The van der Waals surface area contributed by atoms with Crippen LogP contribution in [0.15, 0.2) is 48.5 Å². The maximum absolute atomic E-state index is 5.41.